The van der Waals surface area contributed by atoms with Crippen molar-refractivity contribution in [3.8, 4) is 0 Å². The van der Waals surface area contributed by atoms with Crippen LogP contribution < -0.4 is 5.32 Å². The summed E-state index contributed by atoms with van der Waals surface area (Å²) >= 11 is 0. The Morgan fingerprint density at radius 3 is 2.84 bits per heavy atom. The Morgan fingerprint density at radius 1 is 1.26 bits per heavy atom. The van der Waals surface area contributed by atoms with E-state index in [4.69, 9.17) is 0 Å². The molecule has 0 aliphatic carbocycles. The van der Waals surface area contributed by atoms with Gasteiger partial charge in [-0.3, -0.25) is 4.79 Å². The Morgan fingerprint density at radius 2 is 2.05 bits per heavy atom. The van der Waals surface area contributed by atoms with E-state index in [1.54, 1.807) is 6.20 Å². The summed E-state index contributed by atoms with van der Waals surface area (Å²) in [5.74, 6) is 0.494. The number of hydrogen-bond donors (Lipinski definition) is 1. The van der Waals surface area contributed by atoms with Gasteiger partial charge in [0, 0.05) is 42.2 Å². The molecule has 0 amide bonds. The van der Waals surface area contributed by atoms with Gasteiger partial charge in [-0.15, -0.1) is 0 Å². The maximum absolute atomic E-state index is 12.6. The number of ketones is 1. The maximum Gasteiger partial charge on any atom is 0.167 e. The molecule has 2 aliphatic rings. The molecule has 0 aromatic carbocycles. The van der Waals surface area contributed by atoms with Gasteiger partial charge in [-0.25, -0.2) is 4.98 Å². The van der Waals surface area contributed by atoms with E-state index in [0.717, 1.165) is 24.1 Å². The second-order valence-corrected chi connectivity index (χ2v) is 5.78. The second kappa shape index (κ2) is 4.17. The molecule has 0 spiro atoms. The normalized spacial score (nSPS) is 29.8. The summed E-state index contributed by atoms with van der Waals surface area (Å²) in [5.41, 5.74) is 1.71. The molecule has 98 valence electrons. The Balaban J connectivity index is 1.62. The SMILES string of the molecule is O=C(c1ccc2nccn2c1)C1CC2CCC(C1)N2. The monoisotopic (exact) mass is 255 g/mol. The smallest absolute Gasteiger partial charge is 0.167 e. The minimum atomic E-state index is 0.194. The molecule has 2 aromatic rings. The fourth-order valence-electron chi connectivity index (χ4n) is 3.57. The summed E-state index contributed by atoms with van der Waals surface area (Å²) in [4.78, 5) is 16.8. The van der Waals surface area contributed by atoms with E-state index >= 15 is 0 Å². The van der Waals surface area contributed by atoms with E-state index < -0.39 is 0 Å². The fourth-order valence-corrected chi connectivity index (χ4v) is 3.57. The van der Waals surface area contributed by atoms with Crippen molar-refractivity contribution < 1.29 is 4.79 Å². The lowest BCUT2D eigenvalue weighted by Crippen LogP contribution is -2.40. The minimum Gasteiger partial charge on any atom is -0.311 e. The highest BCUT2D eigenvalue weighted by atomic mass is 16.1. The molecule has 2 aliphatic heterocycles. The number of fused-ring (bicyclic) bond motifs is 3. The van der Waals surface area contributed by atoms with Crippen LogP contribution in [0.1, 0.15) is 36.0 Å². The van der Waals surface area contributed by atoms with Crippen LogP contribution in [0.2, 0.25) is 0 Å². The van der Waals surface area contributed by atoms with Crippen LogP contribution in [0.5, 0.6) is 0 Å². The van der Waals surface area contributed by atoms with Crippen molar-refractivity contribution in [2.45, 2.75) is 37.8 Å². The number of carbonyl (C=O) groups excluding carboxylic acids is 1. The Labute approximate surface area is 111 Å². The second-order valence-electron chi connectivity index (χ2n) is 5.78. The number of pyridine rings is 1. The van der Waals surface area contributed by atoms with Gasteiger partial charge in [-0.1, -0.05) is 0 Å². The number of carbonyl (C=O) groups is 1. The molecular weight excluding hydrogens is 238 g/mol. The topological polar surface area (TPSA) is 46.4 Å². The lowest BCUT2D eigenvalue weighted by atomic mass is 9.86. The summed E-state index contributed by atoms with van der Waals surface area (Å²) in [5, 5.41) is 3.58. The first-order chi connectivity index (χ1) is 9.29. The third-order valence-corrected chi connectivity index (χ3v) is 4.52. The van der Waals surface area contributed by atoms with Crippen LogP contribution in [0.25, 0.3) is 5.65 Å². The van der Waals surface area contributed by atoms with E-state index in [2.05, 4.69) is 10.3 Å². The molecule has 0 radical (unpaired) electrons. The van der Waals surface area contributed by atoms with Crippen molar-refractivity contribution >= 4 is 11.4 Å². The van der Waals surface area contributed by atoms with Crippen molar-refractivity contribution in [1.82, 2.24) is 14.7 Å². The van der Waals surface area contributed by atoms with Crippen LogP contribution in [-0.4, -0.2) is 27.3 Å². The van der Waals surface area contributed by atoms with Gasteiger partial charge in [0.25, 0.3) is 0 Å². The number of nitrogens with zero attached hydrogens (tertiary/aromatic N) is 2. The molecule has 0 saturated carbocycles. The van der Waals surface area contributed by atoms with Gasteiger partial charge in [0.15, 0.2) is 5.78 Å². The molecule has 4 nitrogen and oxygen atoms in total. The molecule has 19 heavy (non-hydrogen) atoms. The third kappa shape index (κ3) is 1.87. The molecule has 2 aromatic heterocycles. The van der Waals surface area contributed by atoms with Crippen LogP contribution in [0.4, 0.5) is 0 Å². The fraction of sp³-hybridized carbons (Fsp3) is 0.467. The maximum atomic E-state index is 12.6. The number of Topliss-reactive ketones (excluding diaryl/α,β-unsaturated/α-hetero) is 1. The minimum absolute atomic E-state index is 0.194. The number of imidazole rings is 1. The number of nitrogens with one attached hydrogen (secondary N) is 1. The van der Waals surface area contributed by atoms with Crippen LogP contribution in [0, 0.1) is 5.92 Å². The Bertz CT molecular complexity index is 621. The first-order valence-electron chi connectivity index (χ1n) is 7.02. The van der Waals surface area contributed by atoms with Crippen LogP contribution in [0.3, 0.4) is 0 Å². The molecule has 2 atom stereocenters. The van der Waals surface area contributed by atoms with E-state index in [0.29, 0.717) is 17.9 Å². The van der Waals surface area contributed by atoms with E-state index in [1.165, 1.54) is 12.8 Å². The number of aromatic nitrogens is 2. The molecule has 2 unspecified atom stereocenters. The molecule has 4 rings (SSSR count). The van der Waals surface area contributed by atoms with Crippen molar-refractivity contribution in [1.29, 1.82) is 0 Å². The lowest BCUT2D eigenvalue weighted by Gasteiger charge is -2.28. The number of rotatable bonds is 2. The highest BCUT2D eigenvalue weighted by Gasteiger charge is 2.36. The molecular formula is C15H17N3O. The molecule has 4 heteroatoms. The van der Waals surface area contributed by atoms with E-state index in [-0.39, 0.29) is 5.92 Å². The van der Waals surface area contributed by atoms with E-state index in [1.807, 2.05) is 28.9 Å². The summed E-state index contributed by atoms with van der Waals surface area (Å²) in [6.07, 6.45) is 10.0. The highest BCUT2D eigenvalue weighted by Crippen LogP contribution is 2.32. The zero-order chi connectivity index (χ0) is 12.8. The lowest BCUT2D eigenvalue weighted by molar-refractivity contribution is 0.0875. The first-order valence-corrected chi connectivity index (χ1v) is 7.02. The Hall–Kier alpha value is -1.68. The van der Waals surface area contributed by atoms with Crippen molar-refractivity contribution in [3.05, 3.63) is 36.3 Å². The third-order valence-electron chi connectivity index (χ3n) is 4.52. The van der Waals surface area contributed by atoms with Crippen LogP contribution in [-0.2, 0) is 0 Å². The predicted octanol–water partition coefficient (Wildman–Crippen LogP) is 2.05. The van der Waals surface area contributed by atoms with Gasteiger partial charge < -0.3 is 9.72 Å². The number of hydrogen-bond acceptors (Lipinski definition) is 3. The summed E-state index contributed by atoms with van der Waals surface area (Å²) in [7, 11) is 0. The first kappa shape index (κ1) is 11.2. The van der Waals surface area contributed by atoms with Gasteiger partial charge in [-0.2, -0.15) is 0 Å². The standard InChI is InChI=1S/C15H17N3O/c19-15(11-7-12-2-3-13(8-11)17-12)10-1-4-14-16-5-6-18(14)9-10/h1,4-6,9,11-13,17H,2-3,7-8H2. The van der Waals surface area contributed by atoms with Crippen molar-refractivity contribution in [2.24, 2.45) is 5.92 Å². The van der Waals surface area contributed by atoms with Crippen LogP contribution in [0.15, 0.2) is 30.7 Å². The van der Waals surface area contributed by atoms with Gasteiger partial charge >= 0.3 is 0 Å². The average Bonchev–Trinajstić information content (AvgIpc) is 3.03. The molecule has 2 bridgehead atoms. The highest BCUT2D eigenvalue weighted by molar-refractivity contribution is 5.98. The van der Waals surface area contributed by atoms with Crippen molar-refractivity contribution in [3.63, 3.8) is 0 Å². The quantitative estimate of drug-likeness (QED) is 0.835. The average molecular weight is 255 g/mol. The Kier molecular flexibility index (Phi) is 2.45. The summed E-state index contributed by atoms with van der Waals surface area (Å²) in [6.45, 7) is 0. The van der Waals surface area contributed by atoms with Crippen LogP contribution >= 0.6 is 0 Å². The van der Waals surface area contributed by atoms with Gasteiger partial charge in [-0.05, 0) is 37.8 Å². The predicted molar refractivity (Wildman–Crippen MR) is 72.2 cm³/mol. The zero-order valence-electron chi connectivity index (χ0n) is 10.7. The molecule has 2 fully saturated rings. The zero-order valence-corrected chi connectivity index (χ0v) is 10.7. The largest absolute Gasteiger partial charge is 0.311 e. The van der Waals surface area contributed by atoms with Gasteiger partial charge in [0.1, 0.15) is 5.65 Å². The molecule has 1 N–H and O–H groups in total. The summed E-state index contributed by atoms with van der Waals surface area (Å²) < 4.78 is 1.92. The van der Waals surface area contributed by atoms with E-state index in [9.17, 15) is 4.79 Å². The van der Waals surface area contributed by atoms with Gasteiger partial charge in [0.2, 0.25) is 0 Å². The van der Waals surface area contributed by atoms with Gasteiger partial charge in [0.05, 0.1) is 0 Å². The number of piperidine rings is 1. The molecule has 2 saturated heterocycles. The molecule has 4 heterocycles. The van der Waals surface area contributed by atoms with Crippen molar-refractivity contribution in [2.75, 3.05) is 0 Å². The summed E-state index contributed by atoms with van der Waals surface area (Å²) in [6, 6.07) is 4.95.